The van der Waals surface area contributed by atoms with E-state index >= 15 is 0 Å². The number of likely N-dealkylation sites (tertiary alicyclic amines) is 1. The summed E-state index contributed by atoms with van der Waals surface area (Å²) in [5.74, 6) is 1.34. The van der Waals surface area contributed by atoms with Crippen molar-refractivity contribution in [2.45, 2.75) is 45.7 Å². The van der Waals surface area contributed by atoms with Crippen molar-refractivity contribution in [1.29, 1.82) is 0 Å². The highest BCUT2D eigenvalue weighted by atomic mass is 35.5. The molecule has 1 aliphatic heterocycles. The molecule has 0 aliphatic carbocycles. The number of benzene rings is 1. The number of halogens is 1. The highest BCUT2D eigenvalue weighted by molar-refractivity contribution is 6.30. The first kappa shape index (κ1) is 15.8. The average molecular weight is 295 g/mol. The molecule has 2 rings (SSSR count). The van der Waals surface area contributed by atoms with Crippen LogP contribution in [0.15, 0.2) is 24.3 Å². The van der Waals surface area contributed by atoms with Gasteiger partial charge in [-0.3, -0.25) is 4.90 Å². The van der Waals surface area contributed by atoms with Gasteiger partial charge in [0.15, 0.2) is 0 Å². The summed E-state index contributed by atoms with van der Waals surface area (Å²) >= 11 is 5.94. The average Bonchev–Trinajstić information content (AvgIpc) is 2.42. The Morgan fingerprint density at radius 1 is 1.30 bits per heavy atom. The summed E-state index contributed by atoms with van der Waals surface area (Å²) in [4.78, 5) is 2.56. The molecule has 1 saturated heterocycles. The van der Waals surface area contributed by atoms with Crippen LogP contribution in [0.4, 0.5) is 0 Å². The number of hydrogen-bond donors (Lipinski definition) is 1. The molecule has 20 heavy (non-hydrogen) atoms. The van der Waals surface area contributed by atoms with Gasteiger partial charge in [0.25, 0.3) is 0 Å². The van der Waals surface area contributed by atoms with Crippen molar-refractivity contribution in [3.05, 3.63) is 34.9 Å². The maximum absolute atomic E-state index is 6.23. The Morgan fingerprint density at radius 2 is 2.00 bits per heavy atom. The van der Waals surface area contributed by atoms with Gasteiger partial charge in [-0.25, -0.2) is 0 Å². The number of hydrogen-bond acceptors (Lipinski definition) is 2. The quantitative estimate of drug-likeness (QED) is 0.892. The van der Waals surface area contributed by atoms with Crippen molar-refractivity contribution in [2.75, 3.05) is 13.1 Å². The Bertz CT molecular complexity index is 402. The number of nitrogens with zero attached hydrogens (tertiary/aromatic N) is 1. The van der Waals surface area contributed by atoms with Crippen LogP contribution >= 0.6 is 11.6 Å². The molecule has 1 aliphatic rings. The molecule has 1 fully saturated rings. The summed E-state index contributed by atoms with van der Waals surface area (Å²) in [6.45, 7) is 7.86. The summed E-state index contributed by atoms with van der Waals surface area (Å²) in [7, 11) is 0. The topological polar surface area (TPSA) is 29.3 Å². The monoisotopic (exact) mass is 294 g/mol. The van der Waals surface area contributed by atoms with Crippen molar-refractivity contribution in [1.82, 2.24) is 4.90 Å². The van der Waals surface area contributed by atoms with Crippen molar-refractivity contribution in [3.8, 4) is 0 Å². The van der Waals surface area contributed by atoms with Crippen LogP contribution in [0, 0.1) is 11.8 Å². The lowest BCUT2D eigenvalue weighted by Crippen LogP contribution is -2.38. The highest BCUT2D eigenvalue weighted by Gasteiger charge is 2.22. The lowest BCUT2D eigenvalue weighted by atomic mass is 9.87. The lowest BCUT2D eigenvalue weighted by Gasteiger charge is -2.34. The summed E-state index contributed by atoms with van der Waals surface area (Å²) < 4.78 is 0. The summed E-state index contributed by atoms with van der Waals surface area (Å²) in [5, 5.41) is 0.813. The van der Waals surface area contributed by atoms with E-state index in [2.05, 4.69) is 30.9 Å². The standard InChI is InChI=1S/C17H27ClN2/c1-13(2)17(19)10-15-4-3-9-20(12-15)11-14-5-7-16(18)8-6-14/h5-8,13,15,17H,3-4,9-12,19H2,1-2H3. The van der Waals surface area contributed by atoms with Gasteiger partial charge in [0.1, 0.15) is 0 Å². The summed E-state index contributed by atoms with van der Waals surface area (Å²) in [6.07, 6.45) is 3.79. The second-order valence-corrected chi connectivity index (χ2v) is 6.95. The lowest BCUT2D eigenvalue weighted by molar-refractivity contribution is 0.152. The Labute approximate surface area is 128 Å². The summed E-state index contributed by atoms with van der Waals surface area (Å²) in [6, 6.07) is 8.56. The fourth-order valence-corrected chi connectivity index (χ4v) is 3.12. The van der Waals surface area contributed by atoms with E-state index in [4.69, 9.17) is 17.3 Å². The van der Waals surface area contributed by atoms with E-state index in [9.17, 15) is 0 Å². The fraction of sp³-hybridized carbons (Fsp3) is 0.647. The van der Waals surface area contributed by atoms with Crippen LogP contribution < -0.4 is 5.73 Å². The zero-order valence-electron chi connectivity index (χ0n) is 12.7. The highest BCUT2D eigenvalue weighted by Crippen LogP contribution is 2.24. The third kappa shape index (κ3) is 4.76. The molecular formula is C17H27ClN2. The molecule has 2 unspecified atom stereocenters. The molecule has 0 aromatic heterocycles. The Hall–Kier alpha value is -0.570. The van der Waals surface area contributed by atoms with Crippen molar-refractivity contribution in [3.63, 3.8) is 0 Å². The maximum Gasteiger partial charge on any atom is 0.0406 e. The van der Waals surface area contributed by atoms with Gasteiger partial charge in [-0.1, -0.05) is 37.6 Å². The van der Waals surface area contributed by atoms with E-state index in [1.54, 1.807) is 0 Å². The molecule has 0 bridgehead atoms. The van der Waals surface area contributed by atoms with Crippen LogP contribution in [0.3, 0.4) is 0 Å². The second-order valence-electron chi connectivity index (χ2n) is 6.51. The van der Waals surface area contributed by atoms with Gasteiger partial charge in [0, 0.05) is 24.2 Å². The van der Waals surface area contributed by atoms with Crippen molar-refractivity contribution < 1.29 is 0 Å². The number of rotatable bonds is 5. The predicted molar refractivity (Wildman–Crippen MR) is 86.9 cm³/mol. The number of nitrogens with two attached hydrogens (primary N) is 1. The first-order valence-electron chi connectivity index (χ1n) is 7.77. The van der Waals surface area contributed by atoms with Gasteiger partial charge in [-0.05, 0) is 55.3 Å². The zero-order chi connectivity index (χ0) is 14.5. The van der Waals surface area contributed by atoms with Crippen molar-refractivity contribution >= 4 is 11.6 Å². The minimum atomic E-state index is 0.343. The van der Waals surface area contributed by atoms with Gasteiger partial charge in [-0.2, -0.15) is 0 Å². The third-order valence-electron chi connectivity index (χ3n) is 4.38. The van der Waals surface area contributed by atoms with Crippen molar-refractivity contribution in [2.24, 2.45) is 17.6 Å². The SMILES string of the molecule is CC(C)C(N)CC1CCCN(Cc2ccc(Cl)cc2)C1. The van der Waals surface area contributed by atoms with E-state index in [1.807, 2.05) is 12.1 Å². The Kier molecular flexibility index (Phi) is 5.88. The molecule has 2 nitrogen and oxygen atoms in total. The molecule has 2 N–H and O–H groups in total. The minimum Gasteiger partial charge on any atom is -0.327 e. The van der Waals surface area contributed by atoms with Gasteiger partial charge in [0.05, 0.1) is 0 Å². The molecule has 3 heteroatoms. The molecule has 0 radical (unpaired) electrons. The normalized spacial score (nSPS) is 22.1. The third-order valence-corrected chi connectivity index (χ3v) is 4.64. The molecule has 0 spiro atoms. The second kappa shape index (κ2) is 7.44. The summed E-state index contributed by atoms with van der Waals surface area (Å²) in [5.41, 5.74) is 7.58. The van der Waals surface area contributed by atoms with Gasteiger partial charge >= 0.3 is 0 Å². The van der Waals surface area contributed by atoms with E-state index in [1.165, 1.54) is 31.5 Å². The van der Waals surface area contributed by atoms with Crippen LogP contribution in [0.2, 0.25) is 5.02 Å². The van der Waals surface area contributed by atoms with Crippen LogP contribution in [0.25, 0.3) is 0 Å². The molecule has 2 atom stereocenters. The van der Waals surface area contributed by atoms with Crippen LogP contribution in [0.5, 0.6) is 0 Å². The van der Waals surface area contributed by atoms with Gasteiger partial charge in [-0.15, -0.1) is 0 Å². The smallest absolute Gasteiger partial charge is 0.0406 e. The van der Waals surface area contributed by atoms with Crippen LogP contribution in [-0.4, -0.2) is 24.0 Å². The fourth-order valence-electron chi connectivity index (χ4n) is 2.99. The van der Waals surface area contributed by atoms with E-state index in [0.717, 1.165) is 23.9 Å². The van der Waals surface area contributed by atoms with Crippen LogP contribution in [-0.2, 0) is 6.54 Å². The molecule has 1 aromatic rings. The maximum atomic E-state index is 6.23. The Morgan fingerprint density at radius 3 is 2.65 bits per heavy atom. The minimum absolute atomic E-state index is 0.343. The van der Waals surface area contributed by atoms with Gasteiger partial charge in [0.2, 0.25) is 0 Å². The van der Waals surface area contributed by atoms with Gasteiger partial charge < -0.3 is 5.73 Å². The molecule has 0 amide bonds. The largest absolute Gasteiger partial charge is 0.327 e. The van der Waals surface area contributed by atoms with E-state index < -0.39 is 0 Å². The van der Waals surface area contributed by atoms with Crippen LogP contribution in [0.1, 0.15) is 38.7 Å². The molecule has 1 heterocycles. The zero-order valence-corrected chi connectivity index (χ0v) is 13.4. The Balaban J connectivity index is 1.85. The first-order valence-corrected chi connectivity index (χ1v) is 8.14. The molecule has 1 aromatic carbocycles. The molecule has 0 saturated carbocycles. The predicted octanol–water partition coefficient (Wildman–Crippen LogP) is 3.93. The molecular weight excluding hydrogens is 268 g/mol. The van der Waals surface area contributed by atoms with E-state index in [0.29, 0.717) is 12.0 Å². The number of piperidine rings is 1. The molecule has 112 valence electrons. The first-order chi connectivity index (χ1) is 9.54. The van der Waals surface area contributed by atoms with E-state index in [-0.39, 0.29) is 0 Å².